The molecule has 1 aromatic rings. The van der Waals surface area contributed by atoms with Crippen molar-refractivity contribution >= 4 is 11.6 Å². The number of hydrogen-bond acceptors (Lipinski definition) is 6. The summed E-state index contributed by atoms with van der Waals surface area (Å²) < 4.78 is 27.1. The lowest BCUT2D eigenvalue weighted by Crippen LogP contribution is -2.40. The molecule has 32 heavy (non-hydrogen) atoms. The first-order valence-corrected chi connectivity index (χ1v) is 11.9. The fraction of sp³-hybridized carbons (Fsp3) is 0.708. The second-order valence-electron chi connectivity index (χ2n) is 10.9. The van der Waals surface area contributed by atoms with Crippen molar-refractivity contribution in [3.8, 4) is 0 Å². The van der Waals surface area contributed by atoms with E-state index < -0.39 is 5.92 Å². The average Bonchev–Trinajstić information content (AvgIpc) is 3.15. The molecule has 4 atom stereocenters. The number of rotatable bonds is 3. The lowest BCUT2D eigenvalue weighted by molar-refractivity contribution is -0.117. The Morgan fingerprint density at radius 2 is 1.88 bits per heavy atom. The second-order valence-corrected chi connectivity index (χ2v) is 10.9. The van der Waals surface area contributed by atoms with Gasteiger partial charge in [-0.15, -0.1) is 0 Å². The monoisotopic (exact) mass is 445 g/mol. The van der Waals surface area contributed by atoms with Crippen molar-refractivity contribution in [3.05, 3.63) is 29.7 Å². The molecule has 3 heterocycles. The van der Waals surface area contributed by atoms with Crippen LogP contribution < -0.4 is 15.8 Å². The van der Waals surface area contributed by atoms with E-state index in [0.29, 0.717) is 37.4 Å². The second kappa shape index (κ2) is 8.13. The molecule has 2 saturated heterocycles. The summed E-state index contributed by atoms with van der Waals surface area (Å²) in [5, 5.41) is 0. The number of hydrogen-bond donors (Lipinski definition) is 2. The molecule has 0 radical (unpaired) electrons. The van der Waals surface area contributed by atoms with E-state index in [1.165, 1.54) is 5.57 Å². The summed E-state index contributed by atoms with van der Waals surface area (Å²) in [4.78, 5) is 23.2. The molecule has 0 aromatic carbocycles. The van der Waals surface area contributed by atoms with Crippen LogP contribution in [-0.2, 0) is 4.79 Å². The standard InChI is InChI=1S/C24H33F2N5O/c1-23(2)12-16(9-17(32)13-23)15-3-4-19-18(10-15)22(30-29-19)20-11-21(28-14-27-20)31-7-5-24(25,26)6-8-31/h9,11,14-15,18-19,22,29-30H,3-8,10,12-13H2,1-2H3. The molecular weight excluding hydrogens is 412 g/mol. The van der Waals surface area contributed by atoms with Gasteiger partial charge in [-0.3, -0.25) is 10.2 Å². The highest BCUT2D eigenvalue weighted by atomic mass is 19.3. The number of nitrogens with one attached hydrogen (secondary N) is 2. The smallest absolute Gasteiger partial charge is 0.251 e. The van der Waals surface area contributed by atoms with Crippen molar-refractivity contribution < 1.29 is 13.6 Å². The lowest BCUT2D eigenvalue weighted by Gasteiger charge is -2.38. The highest BCUT2D eigenvalue weighted by Gasteiger charge is 2.44. The molecule has 174 valence electrons. The number of halogens is 2. The molecule has 2 aliphatic heterocycles. The van der Waals surface area contributed by atoms with Crippen LogP contribution in [-0.4, -0.2) is 40.8 Å². The molecule has 8 heteroatoms. The summed E-state index contributed by atoms with van der Waals surface area (Å²) in [6.07, 6.45) is 7.99. The minimum Gasteiger partial charge on any atom is -0.356 e. The molecule has 1 aromatic heterocycles. The Kier molecular flexibility index (Phi) is 5.56. The summed E-state index contributed by atoms with van der Waals surface area (Å²) in [6, 6.07) is 2.38. The van der Waals surface area contributed by atoms with E-state index in [-0.39, 0.29) is 30.1 Å². The van der Waals surface area contributed by atoms with Crippen molar-refractivity contribution in [2.75, 3.05) is 18.0 Å². The van der Waals surface area contributed by atoms with Crippen LogP contribution in [0.15, 0.2) is 24.0 Å². The summed E-state index contributed by atoms with van der Waals surface area (Å²) >= 11 is 0. The summed E-state index contributed by atoms with van der Waals surface area (Å²) in [6.45, 7) is 4.99. The molecule has 1 saturated carbocycles. The van der Waals surface area contributed by atoms with E-state index in [0.717, 1.165) is 37.2 Å². The van der Waals surface area contributed by atoms with Crippen molar-refractivity contribution in [2.45, 2.75) is 76.8 Å². The minimum absolute atomic E-state index is 0.0381. The summed E-state index contributed by atoms with van der Waals surface area (Å²) in [7, 11) is 0. The highest BCUT2D eigenvalue weighted by Crippen LogP contribution is 2.46. The van der Waals surface area contributed by atoms with Gasteiger partial charge in [0.15, 0.2) is 5.78 Å². The van der Waals surface area contributed by atoms with Gasteiger partial charge in [-0.2, -0.15) is 0 Å². The molecule has 5 rings (SSSR count). The van der Waals surface area contributed by atoms with E-state index in [2.05, 4.69) is 34.7 Å². The number of alkyl halides is 2. The molecule has 0 amide bonds. The number of nitrogens with zero attached hydrogens (tertiary/aromatic N) is 3. The minimum atomic E-state index is -2.57. The average molecular weight is 446 g/mol. The van der Waals surface area contributed by atoms with Crippen LogP contribution in [0.3, 0.4) is 0 Å². The van der Waals surface area contributed by atoms with Crippen LogP contribution in [0.25, 0.3) is 0 Å². The first-order chi connectivity index (χ1) is 15.2. The van der Waals surface area contributed by atoms with Crippen LogP contribution in [0.4, 0.5) is 14.6 Å². The normalized spacial score (nSPS) is 34.2. The van der Waals surface area contributed by atoms with E-state index in [4.69, 9.17) is 0 Å². The predicted octanol–water partition coefficient (Wildman–Crippen LogP) is 3.96. The SMILES string of the molecule is CC1(C)CC(=O)C=C(C2CCC3NNC(c4cc(N5CCC(F)(F)CC5)ncn4)C3C2)C1. The molecule has 2 aliphatic carbocycles. The fourth-order valence-electron chi connectivity index (χ4n) is 6.11. The maximum absolute atomic E-state index is 13.6. The number of carbonyl (C=O) groups excluding carboxylic acids is 1. The third-order valence-corrected chi connectivity index (χ3v) is 7.77. The Morgan fingerprint density at radius 1 is 1.09 bits per heavy atom. The maximum Gasteiger partial charge on any atom is 0.251 e. The third kappa shape index (κ3) is 4.44. The molecule has 0 bridgehead atoms. The van der Waals surface area contributed by atoms with E-state index >= 15 is 0 Å². The van der Waals surface area contributed by atoms with Crippen LogP contribution in [0.5, 0.6) is 0 Å². The zero-order valence-corrected chi connectivity index (χ0v) is 18.9. The number of allylic oxidation sites excluding steroid dienone is 2. The highest BCUT2D eigenvalue weighted by molar-refractivity contribution is 5.91. The number of anilines is 1. The Morgan fingerprint density at radius 3 is 2.62 bits per heavy atom. The molecule has 3 fully saturated rings. The largest absolute Gasteiger partial charge is 0.356 e. The van der Waals surface area contributed by atoms with Gasteiger partial charge < -0.3 is 4.90 Å². The number of aromatic nitrogens is 2. The fourth-order valence-corrected chi connectivity index (χ4v) is 6.11. The predicted molar refractivity (Wildman–Crippen MR) is 118 cm³/mol. The summed E-state index contributed by atoms with van der Waals surface area (Å²) in [5.41, 5.74) is 9.15. The first kappa shape index (κ1) is 21.9. The number of ketones is 1. The summed E-state index contributed by atoms with van der Waals surface area (Å²) in [5.74, 6) is -0.800. The Bertz CT molecular complexity index is 907. The molecule has 4 aliphatic rings. The van der Waals surface area contributed by atoms with Gasteiger partial charge in [0.2, 0.25) is 0 Å². The number of carbonyl (C=O) groups is 1. The van der Waals surface area contributed by atoms with Crippen molar-refractivity contribution in [1.82, 2.24) is 20.8 Å². The quantitative estimate of drug-likeness (QED) is 0.734. The van der Waals surface area contributed by atoms with Gasteiger partial charge in [0.05, 0.1) is 11.7 Å². The number of hydrazine groups is 1. The van der Waals surface area contributed by atoms with Crippen LogP contribution in [0.1, 0.15) is 70.5 Å². The van der Waals surface area contributed by atoms with Gasteiger partial charge in [-0.05, 0) is 49.0 Å². The van der Waals surface area contributed by atoms with Gasteiger partial charge in [0.1, 0.15) is 12.1 Å². The number of fused-ring (bicyclic) bond motifs is 1. The van der Waals surface area contributed by atoms with Gasteiger partial charge in [0.25, 0.3) is 5.92 Å². The lowest BCUT2D eigenvalue weighted by atomic mass is 9.67. The molecule has 2 N–H and O–H groups in total. The van der Waals surface area contributed by atoms with Gasteiger partial charge in [-0.25, -0.2) is 24.2 Å². The zero-order chi connectivity index (χ0) is 22.5. The van der Waals surface area contributed by atoms with Gasteiger partial charge in [0, 0.05) is 44.5 Å². The van der Waals surface area contributed by atoms with Gasteiger partial charge in [-0.1, -0.05) is 19.4 Å². The van der Waals surface area contributed by atoms with Crippen molar-refractivity contribution in [3.63, 3.8) is 0 Å². The topological polar surface area (TPSA) is 70.2 Å². The number of piperidine rings is 1. The first-order valence-electron chi connectivity index (χ1n) is 11.9. The molecule has 0 spiro atoms. The van der Waals surface area contributed by atoms with E-state index in [1.54, 1.807) is 6.33 Å². The van der Waals surface area contributed by atoms with Crippen LogP contribution in [0.2, 0.25) is 0 Å². The Hall–Kier alpha value is -1.93. The van der Waals surface area contributed by atoms with E-state index in [9.17, 15) is 13.6 Å². The Balaban J connectivity index is 1.32. The van der Waals surface area contributed by atoms with Crippen LogP contribution in [0, 0.1) is 17.3 Å². The third-order valence-electron chi connectivity index (χ3n) is 7.77. The van der Waals surface area contributed by atoms with Gasteiger partial charge >= 0.3 is 0 Å². The Labute approximate surface area is 188 Å². The van der Waals surface area contributed by atoms with Crippen molar-refractivity contribution in [1.29, 1.82) is 0 Å². The molecule has 4 unspecified atom stereocenters. The maximum atomic E-state index is 13.6. The molecule has 6 nitrogen and oxygen atoms in total. The van der Waals surface area contributed by atoms with Crippen LogP contribution >= 0.6 is 0 Å². The van der Waals surface area contributed by atoms with Crippen molar-refractivity contribution in [2.24, 2.45) is 17.3 Å². The van der Waals surface area contributed by atoms with E-state index in [1.807, 2.05) is 17.0 Å². The zero-order valence-electron chi connectivity index (χ0n) is 18.9. The molecular formula is C24H33F2N5O.